The molecule has 0 radical (unpaired) electrons. The number of carboxylic acids is 1. The van der Waals surface area contributed by atoms with Crippen LogP contribution in [0.25, 0.3) is 0 Å². The van der Waals surface area contributed by atoms with Gasteiger partial charge in [0, 0.05) is 24.3 Å². The number of nitrogens with two attached hydrogens (primary N) is 1. The van der Waals surface area contributed by atoms with Gasteiger partial charge in [-0.05, 0) is 11.6 Å². The molecular formula is C14H13N3O5S. The van der Waals surface area contributed by atoms with E-state index in [1.807, 2.05) is 0 Å². The van der Waals surface area contributed by atoms with Crippen molar-refractivity contribution in [2.75, 3.05) is 5.75 Å². The molecule has 2 aliphatic heterocycles. The molecule has 2 atom stereocenters. The van der Waals surface area contributed by atoms with Crippen LogP contribution in [0.2, 0.25) is 0 Å². The molecule has 2 heterocycles. The summed E-state index contributed by atoms with van der Waals surface area (Å²) in [6.45, 7) is 0. The van der Waals surface area contributed by atoms with Crippen molar-refractivity contribution in [1.29, 1.82) is 0 Å². The average Bonchev–Trinajstić information content (AvgIpc) is 2.54. The minimum absolute atomic E-state index is 0.0375. The van der Waals surface area contributed by atoms with E-state index < -0.39 is 27.7 Å². The molecule has 1 fully saturated rings. The summed E-state index contributed by atoms with van der Waals surface area (Å²) in [4.78, 5) is 34.9. The van der Waals surface area contributed by atoms with Crippen LogP contribution in [-0.2, 0) is 16.0 Å². The van der Waals surface area contributed by atoms with E-state index in [1.165, 1.54) is 34.9 Å². The highest BCUT2D eigenvalue weighted by Crippen LogP contribution is 2.44. The maximum Gasteiger partial charge on any atom is 0.352 e. The Bertz CT molecular complexity index is 732. The molecule has 120 valence electrons. The van der Waals surface area contributed by atoms with E-state index in [2.05, 4.69) is 0 Å². The Morgan fingerprint density at radius 1 is 1.48 bits per heavy atom. The summed E-state index contributed by atoms with van der Waals surface area (Å²) >= 11 is 1.40. The van der Waals surface area contributed by atoms with Gasteiger partial charge >= 0.3 is 5.97 Å². The molecule has 0 spiro atoms. The number of nitro groups is 1. The van der Waals surface area contributed by atoms with Crippen LogP contribution in [0, 0.1) is 10.1 Å². The zero-order chi connectivity index (χ0) is 16.8. The van der Waals surface area contributed by atoms with E-state index in [9.17, 15) is 19.7 Å². The van der Waals surface area contributed by atoms with Gasteiger partial charge in [-0.25, -0.2) is 4.79 Å². The summed E-state index contributed by atoms with van der Waals surface area (Å²) in [6.07, 6.45) is 1.69. The Hall–Kier alpha value is -2.39. The highest BCUT2D eigenvalue weighted by atomic mass is 32.2. The van der Waals surface area contributed by atoms with Crippen LogP contribution in [0.1, 0.15) is 5.56 Å². The Kier molecular flexibility index (Phi) is 3.61. The van der Waals surface area contributed by atoms with Crippen LogP contribution in [0.4, 0.5) is 5.69 Å². The maximum atomic E-state index is 12.4. The van der Waals surface area contributed by atoms with E-state index in [-0.39, 0.29) is 17.8 Å². The third kappa shape index (κ3) is 2.37. The van der Waals surface area contributed by atoms with Crippen LogP contribution in [0.15, 0.2) is 36.0 Å². The Morgan fingerprint density at radius 3 is 2.70 bits per heavy atom. The highest BCUT2D eigenvalue weighted by molar-refractivity contribution is 8.00. The molecule has 1 aromatic rings. The number of nitro benzene ring substituents is 1. The monoisotopic (exact) mass is 335 g/mol. The number of amides is 1. The minimum Gasteiger partial charge on any atom is -0.477 e. The van der Waals surface area contributed by atoms with Crippen molar-refractivity contribution in [3.63, 3.8) is 0 Å². The van der Waals surface area contributed by atoms with Gasteiger partial charge in [0.25, 0.3) is 11.6 Å². The first-order chi connectivity index (χ1) is 10.8. The molecule has 1 aromatic carbocycles. The molecule has 1 amide bonds. The molecule has 0 saturated carbocycles. The van der Waals surface area contributed by atoms with Gasteiger partial charge in [0.05, 0.1) is 4.92 Å². The number of non-ortho nitro benzene ring substituents is 1. The number of carboxylic acid groups (broad SMARTS) is 1. The van der Waals surface area contributed by atoms with Gasteiger partial charge in [0.1, 0.15) is 16.6 Å². The molecule has 0 bridgehead atoms. The van der Waals surface area contributed by atoms with Crippen molar-refractivity contribution in [2.24, 2.45) is 5.73 Å². The number of aliphatic carboxylic acids is 1. The lowest BCUT2D eigenvalue weighted by molar-refractivity contribution is -0.384. The molecule has 8 nitrogen and oxygen atoms in total. The first kappa shape index (κ1) is 15.5. The van der Waals surface area contributed by atoms with E-state index in [1.54, 1.807) is 12.1 Å². The molecule has 2 aliphatic rings. The lowest BCUT2D eigenvalue weighted by Gasteiger charge is -2.54. The number of nitrogens with zero attached hydrogens (tertiary/aromatic N) is 2. The summed E-state index contributed by atoms with van der Waals surface area (Å²) in [5.74, 6) is -1.13. The van der Waals surface area contributed by atoms with Crippen LogP contribution < -0.4 is 5.73 Å². The number of thioether (sulfide) groups is 1. The Labute approximate surface area is 135 Å². The average molecular weight is 335 g/mol. The van der Waals surface area contributed by atoms with Crippen LogP contribution in [-0.4, -0.2) is 43.5 Å². The topological polar surface area (TPSA) is 127 Å². The lowest BCUT2D eigenvalue weighted by atomic mass is 9.82. The van der Waals surface area contributed by atoms with Crippen LogP contribution in [0.3, 0.4) is 0 Å². The fraction of sp³-hybridized carbons (Fsp3) is 0.286. The largest absolute Gasteiger partial charge is 0.477 e. The van der Waals surface area contributed by atoms with Gasteiger partial charge < -0.3 is 10.8 Å². The van der Waals surface area contributed by atoms with Crippen molar-refractivity contribution < 1.29 is 19.6 Å². The summed E-state index contributed by atoms with van der Waals surface area (Å²) in [6, 6.07) is 5.83. The van der Waals surface area contributed by atoms with E-state index >= 15 is 0 Å². The number of carbonyl (C=O) groups excluding carboxylic acids is 1. The quantitative estimate of drug-likeness (QED) is 0.471. The number of carbonyl (C=O) groups is 2. The lowest BCUT2D eigenvalue weighted by Crippen LogP contribution is -2.78. The van der Waals surface area contributed by atoms with Crippen molar-refractivity contribution in [1.82, 2.24) is 4.90 Å². The minimum atomic E-state index is -1.20. The predicted molar refractivity (Wildman–Crippen MR) is 82.5 cm³/mol. The number of β-lactam (4-membered cyclic amide) rings is 1. The number of hydrogen-bond acceptors (Lipinski definition) is 6. The SMILES string of the molecule is NC1(Cc2ccc([N+](=O)[O-])cc2)C(=O)N2C(C(=O)O)=CCS[C@H]21. The first-order valence-electron chi connectivity index (χ1n) is 6.75. The summed E-state index contributed by atoms with van der Waals surface area (Å²) in [5, 5.41) is 19.4. The highest BCUT2D eigenvalue weighted by Gasteiger charge is 2.61. The molecule has 1 saturated heterocycles. The predicted octanol–water partition coefficient (Wildman–Crippen LogP) is 0.718. The van der Waals surface area contributed by atoms with Gasteiger partial charge in [-0.3, -0.25) is 19.8 Å². The molecule has 3 N–H and O–H groups in total. The molecule has 0 aromatic heterocycles. The van der Waals surface area contributed by atoms with Gasteiger partial charge in [-0.1, -0.05) is 12.1 Å². The summed E-state index contributed by atoms with van der Waals surface area (Å²) in [7, 11) is 0. The van der Waals surface area contributed by atoms with Crippen molar-refractivity contribution in [3.05, 3.63) is 51.7 Å². The smallest absolute Gasteiger partial charge is 0.352 e. The zero-order valence-corrected chi connectivity index (χ0v) is 12.7. The summed E-state index contributed by atoms with van der Waals surface area (Å²) in [5.41, 5.74) is 5.65. The Balaban J connectivity index is 1.81. The van der Waals surface area contributed by atoms with Gasteiger partial charge in [-0.15, -0.1) is 11.8 Å². The third-order valence-electron chi connectivity index (χ3n) is 3.95. The second-order valence-electron chi connectivity index (χ2n) is 5.40. The normalized spacial score (nSPS) is 26.1. The Morgan fingerprint density at radius 2 is 2.13 bits per heavy atom. The van der Waals surface area contributed by atoms with Crippen molar-refractivity contribution in [3.8, 4) is 0 Å². The fourth-order valence-corrected chi connectivity index (χ4v) is 4.08. The van der Waals surface area contributed by atoms with Crippen molar-refractivity contribution >= 4 is 29.3 Å². The van der Waals surface area contributed by atoms with Crippen LogP contribution >= 0.6 is 11.8 Å². The van der Waals surface area contributed by atoms with Crippen molar-refractivity contribution in [2.45, 2.75) is 17.3 Å². The van der Waals surface area contributed by atoms with Gasteiger partial charge in [0.15, 0.2) is 0 Å². The molecule has 1 unspecified atom stereocenters. The molecule has 3 rings (SSSR count). The number of rotatable bonds is 4. The fourth-order valence-electron chi connectivity index (χ4n) is 2.80. The molecule has 0 aliphatic carbocycles. The zero-order valence-electron chi connectivity index (χ0n) is 11.8. The summed E-state index contributed by atoms with van der Waals surface area (Å²) < 4.78 is 0. The standard InChI is InChI=1S/C14H13N3O5S/c15-14(7-8-1-3-9(4-2-8)17(21)22)12(20)16-10(11(18)19)5-6-23-13(14)16/h1-5,13H,6-7,15H2,(H,18,19)/t13-,14?/m0/s1. The van der Waals surface area contributed by atoms with Crippen LogP contribution in [0.5, 0.6) is 0 Å². The molecular weight excluding hydrogens is 322 g/mol. The van der Waals surface area contributed by atoms with Gasteiger partial charge in [-0.2, -0.15) is 0 Å². The number of hydrogen-bond donors (Lipinski definition) is 2. The van der Waals surface area contributed by atoms with E-state index in [4.69, 9.17) is 10.8 Å². The first-order valence-corrected chi connectivity index (χ1v) is 7.80. The molecule has 23 heavy (non-hydrogen) atoms. The van der Waals surface area contributed by atoms with Gasteiger partial charge in [0.2, 0.25) is 0 Å². The second kappa shape index (κ2) is 5.36. The number of benzene rings is 1. The third-order valence-corrected chi connectivity index (χ3v) is 5.25. The van der Waals surface area contributed by atoms with E-state index in [0.29, 0.717) is 11.3 Å². The van der Waals surface area contributed by atoms with E-state index in [0.717, 1.165) is 0 Å². The maximum absolute atomic E-state index is 12.4. The number of fused-ring (bicyclic) bond motifs is 1. The second-order valence-corrected chi connectivity index (χ2v) is 6.51. The molecule has 9 heteroatoms.